The van der Waals surface area contributed by atoms with Crippen molar-refractivity contribution in [3.05, 3.63) is 36.5 Å². The Morgan fingerprint density at radius 2 is 2.27 bits per heavy atom. The fourth-order valence-corrected chi connectivity index (χ4v) is 1.78. The maximum absolute atomic E-state index is 10.8. The SMILES string of the molecule is O=C(O)c1ncccc1Sc1ncco1. The predicted octanol–water partition coefficient (Wildman–Crippen LogP) is 1.92. The van der Waals surface area contributed by atoms with Gasteiger partial charge in [-0.15, -0.1) is 0 Å². The predicted molar refractivity (Wildman–Crippen MR) is 51.8 cm³/mol. The molecule has 1 N–H and O–H groups in total. The van der Waals surface area contributed by atoms with Crippen LogP contribution in [-0.2, 0) is 0 Å². The Bertz CT molecular complexity index is 470. The van der Waals surface area contributed by atoms with Gasteiger partial charge in [0.2, 0.25) is 0 Å². The molecule has 2 heterocycles. The van der Waals surface area contributed by atoms with Crippen LogP contribution in [0, 0.1) is 0 Å². The van der Waals surface area contributed by atoms with E-state index in [9.17, 15) is 4.79 Å². The number of hydrogen-bond acceptors (Lipinski definition) is 5. The van der Waals surface area contributed by atoms with E-state index in [0.717, 1.165) is 11.8 Å². The third-order valence-electron chi connectivity index (χ3n) is 1.58. The number of carboxylic acids is 1. The number of pyridine rings is 1. The molecule has 5 nitrogen and oxygen atoms in total. The van der Waals surface area contributed by atoms with Gasteiger partial charge in [0.15, 0.2) is 5.69 Å². The molecule has 0 aromatic carbocycles. The molecule has 2 aromatic heterocycles. The Balaban J connectivity index is 2.32. The zero-order chi connectivity index (χ0) is 10.7. The molecule has 6 heteroatoms. The Kier molecular flexibility index (Phi) is 2.68. The highest BCUT2D eigenvalue weighted by Crippen LogP contribution is 2.27. The molecule has 0 radical (unpaired) electrons. The smallest absolute Gasteiger partial charge is 0.355 e. The summed E-state index contributed by atoms with van der Waals surface area (Å²) in [5, 5.41) is 9.26. The zero-order valence-electron chi connectivity index (χ0n) is 7.45. The van der Waals surface area contributed by atoms with E-state index in [2.05, 4.69) is 9.97 Å². The Hall–Kier alpha value is -1.82. The first kappa shape index (κ1) is 9.72. The van der Waals surface area contributed by atoms with Gasteiger partial charge >= 0.3 is 5.97 Å². The fraction of sp³-hybridized carbons (Fsp3) is 0. The van der Waals surface area contributed by atoms with Gasteiger partial charge in [0, 0.05) is 6.20 Å². The second kappa shape index (κ2) is 4.14. The van der Waals surface area contributed by atoms with Crippen LogP contribution >= 0.6 is 11.8 Å². The molecule has 2 rings (SSSR count). The van der Waals surface area contributed by atoms with E-state index in [1.165, 1.54) is 18.7 Å². The Morgan fingerprint density at radius 1 is 1.40 bits per heavy atom. The van der Waals surface area contributed by atoms with Crippen LogP contribution in [0.4, 0.5) is 0 Å². The average molecular weight is 222 g/mol. The quantitative estimate of drug-likeness (QED) is 0.854. The lowest BCUT2D eigenvalue weighted by atomic mass is 10.3. The summed E-state index contributed by atoms with van der Waals surface area (Å²) in [7, 11) is 0. The van der Waals surface area contributed by atoms with E-state index in [-0.39, 0.29) is 5.69 Å². The lowest BCUT2D eigenvalue weighted by Crippen LogP contribution is -2.01. The number of aromatic nitrogens is 2. The van der Waals surface area contributed by atoms with Crippen LogP contribution in [0.1, 0.15) is 10.5 Å². The van der Waals surface area contributed by atoms with Gasteiger partial charge in [-0.05, 0) is 23.9 Å². The normalized spacial score (nSPS) is 10.1. The molecule has 0 aliphatic carbocycles. The molecule has 0 bridgehead atoms. The van der Waals surface area contributed by atoms with E-state index >= 15 is 0 Å². The summed E-state index contributed by atoms with van der Waals surface area (Å²) in [6.45, 7) is 0. The molecule has 0 atom stereocenters. The lowest BCUT2D eigenvalue weighted by Gasteiger charge is -2.00. The maximum Gasteiger partial charge on any atom is 0.355 e. The number of nitrogens with zero attached hydrogens (tertiary/aromatic N) is 2. The summed E-state index contributed by atoms with van der Waals surface area (Å²) in [6, 6.07) is 3.32. The standard InChI is InChI=1S/C9H6N2O3S/c12-8(13)7-6(2-1-3-10-7)15-9-11-4-5-14-9/h1-5H,(H,12,13). The molecule has 0 saturated carbocycles. The largest absolute Gasteiger partial charge is 0.476 e. The van der Waals surface area contributed by atoms with Crippen molar-refractivity contribution >= 4 is 17.7 Å². The third-order valence-corrected chi connectivity index (χ3v) is 2.51. The van der Waals surface area contributed by atoms with Crippen LogP contribution in [0.25, 0.3) is 0 Å². The molecule has 0 aliphatic heterocycles. The third kappa shape index (κ3) is 2.16. The highest BCUT2D eigenvalue weighted by atomic mass is 32.2. The molecule has 0 aliphatic rings. The number of carbonyl (C=O) groups is 1. The van der Waals surface area contributed by atoms with E-state index in [4.69, 9.17) is 9.52 Å². The van der Waals surface area contributed by atoms with Crippen LogP contribution in [-0.4, -0.2) is 21.0 Å². The number of aromatic carboxylic acids is 1. The minimum Gasteiger partial charge on any atom is -0.476 e. The number of hydrogen-bond donors (Lipinski definition) is 1. The molecule has 0 fully saturated rings. The fourth-order valence-electron chi connectivity index (χ4n) is 0.988. The van der Waals surface area contributed by atoms with Gasteiger partial charge in [-0.1, -0.05) is 0 Å². The van der Waals surface area contributed by atoms with Gasteiger partial charge in [0.25, 0.3) is 5.22 Å². The van der Waals surface area contributed by atoms with Crippen molar-refractivity contribution in [3.8, 4) is 0 Å². The second-order valence-electron chi connectivity index (χ2n) is 2.56. The maximum atomic E-state index is 10.8. The molecule has 0 unspecified atom stereocenters. The Labute approximate surface area is 89.2 Å². The number of carboxylic acid groups (broad SMARTS) is 1. The van der Waals surface area contributed by atoms with Crippen molar-refractivity contribution in [1.82, 2.24) is 9.97 Å². The molecule has 0 spiro atoms. The van der Waals surface area contributed by atoms with Crippen molar-refractivity contribution in [2.75, 3.05) is 0 Å². The van der Waals surface area contributed by atoms with Crippen molar-refractivity contribution in [3.63, 3.8) is 0 Å². The molecular weight excluding hydrogens is 216 g/mol. The zero-order valence-corrected chi connectivity index (χ0v) is 8.27. The van der Waals surface area contributed by atoms with E-state index < -0.39 is 5.97 Å². The van der Waals surface area contributed by atoms with Gasteiger partial charge in [-0.2, -0.15) is 0 Å². The molecule has 0 saturated heterocycles. The van der Waals surface area contributed by atoms with Crippen LogP contribution in [0.5, 0.6) is 0 Å². The highest BCUT2D eigenvalue weighted by molar-refractivity contribution is 7.99. The van der Waals surface area contributed by atoms with Gasteiger partial charge in [-0.3, -0.25) is 0 Å². The summed E-state index contributed by atoms with van der Waals surface area (Å²) in [5.74, 6) is -1.07. The number of rotatable bonds is 3. The average Bonchev–Trinajstić information content (AvgIpc) is 2.71. The summed E-state index contributed by atoms with van der Waals surface area (Å²) in [4.78, 5) is 19.0. The van der Waals surface area contributed by atoms with Crippen LogP contribution in [0.3, 0.4) is 0 Å². The van der Waals surface area contributed by atoms with E-state index in [1.807, 2.05) is 0 Å². The highest BCUT2D eigenvalue weighted by Gasteiger charge is 2.13. The molecule has 0 amide bonds. The van der Waals surface area contributed by atoms with Crippen molar-refractivity contribution < 1.29 is 14.3 Å². The van der Waals surface area contributed by atoms with Crippen LogP contribution < -0.4 is 0 Å². The minimum atomic E-state index is -1.07. The first-order valence-corrected chi connectivity index (χ1v) is 4.84. The van der Waals surface area contributed by atoms with Gasteiger partial charge in [-0.25, -0.2) is 14.8 Å². The molecular formula is C9H6N2O3S. The second-order valence-corrected chi connectivity index (χ2v) is 3.55. The van der Waals surface area contributed by atoms with Gasteiger partial charge in [0.1, 0.15) is 6.26 Å². The first-order chi connectivity index (χ1) is 7.27. The van der Waals surface area contributed by atoms with Gasteiger partial charge < -0.3 is 9.52 Å². The summed E-state index contributed by atoms with van der Waals surface area (Å²) < 4.78 is 5.00. The minimum absolute atomic E-state index is 0.000648. The Morgan fingerprint density at radius 3 is 2.93 bits per heavy atom. The van der Waals surface area contributed by atoms with E-state index in [1.54, 1.807) is 12.1 Å². The topological polar surface area (TPSA) is 76.2 Å². The molecule has 76 valence electrons. The van der Waals surface area contributed by atoms with Crippen LogP contribution in [0.15, 0.2) is 45.3 Å². The molecule has 2 aromatic rings. The molecule has 15 heavy (non-hydrogen) atoms. The summed E-state index contributed by atoms with van der Waals surface area (Å²) in [5.41, 5.74) is 0.000648. The summed E-state index contributed by atoms with van der Waals surface area (Å²) >= 11 is 1.13. The lowest BCUT2D eigenvalue weighted by molar-refractivity contribution is 0.0686. The first-order valence-electron chi connectivity index (χ1n) is 4.03. The van der Waals surface area contributed by atoms with Gasteiger partial charge in [0.05, 0.1) is 11.1 Å². The summed E-state index contributed by atoms with van der Waals surface area (Å²) in [6.07, 6.45) is 4.36. The van der Waals surface area contributed by atoms with E-state index in [0.29, 0.717) is 10.1 Å². The van der Waals surface area contributed by atoms with Crippen molar-refractivity contribution in [2.45, 2.75) is 10.1 Å². The van der Waals surface area contributed by atoms with Crippen molar-refractivity contribution in [1.29, 1.82) is 0 Å². The number of oxazole rings is 1. The van der Waals surface area contributed by atoms with Crippen LogP contribution in [0.2, 0.25) is 0 Å². The monoisotopic (exact) mass is 222 g/mol. The van der Waals surface area contributed by atoms with Crippen molar-refractivity contribution in [2.24, 2.45) is 0 Å².